The van der Waals surface area contributed by atoms with Gasteiger partial charge in [-0.2, -0.15) is 5.10 Å². The summed E-state index contributed by atoms with van der Waals surface area (Å²) in [5.41, 5.74) is 3.23. The van der Waals surface area contributed by atoms with Crippen molar-refractivity contribution < 1.29 is 4.79 Å². The lowest BCUT2D eigenvalue weighted by atomic mass is 10.2. The predicted molar refractivity (Wildman–Crippen MR) is 98.5 cm³/mol. The summed E-state index contributed by atoms with van der Waals surface area (Å²) >= 11 is 0. The van der Waals surface area contributed by atoms with Crippen LogP contribution in [0.15, 0.2) is 12.3 Å². The minimum Gasteiger partial charge on any atom is -0.337 e. The van der Waals surface area contributed by atoms with E-state index >= 15 is 0 Å². The second-order valence-corrected chi connectivity index (χ2v) is 6.79. The second kappa shape index (κ2) is 7.27. The highest BCUT2D eigenvalue weighted by atomic mass is 35.5. The molecule has 4 heterocycles. The Kier molecular flexibility index (Phi) is 5.27. The van der Waals surface area contributed by atoms with Crippen molar-refractivity contribution in [2.24, 2.45) is 0 Å². The normalized spacial score (nSPS) is 21.5. The van der Waals surface area contributed by atoms with Gasteiger partial charge in [-0.25, -0.2) is 9.50 Å². The van der Waals surface area contributed by atoms with Gasteiger partial charge in [0.15, 0.2) is 5.65 Å². The van der Waals surface area contributed by atoms with E-state index in [4.69, 9.17) is 0 Å². The molecule has 136 valence electrons. The number of nitrogens with one attached hydrogen (secondary N) is 1. The number of likely N-dealkylation sites (tertiary alicyclic amines) is 1. The zero-order valence-electron chi connectivity index (χ0n) is 14.7. The highest BCUT2D eigenvalue weighted by Gasteiger charge is 2.32. The van der Waals surface area contributed by atoms with Crippen LogP contribution in [0.25, 0.3) is 5.65 Å². The third kappa shape index (κ3) is 3.36. The van der Waals surface area contributed by atoms with Crippen LogP contribution in [0.3, 0.4) is 0 Å². The van der Waals surface area contributed by atoms with Crippen LogP contribution in [0.4, 0.5) is 0 Å². The first kappa shape index (κ1) is 18.1. The Morgan fingerprint density at radius 3 is 2.76 bits per heavy atom. The van der Waals surface area contributed by atoms with Crippen molar-refractivity contribution in [3.8, 4) is 0 Å². The predicted octanol–water partition coefficient (Wildman–Crippen LogP) is 0.888. The number of hydrogen-bond donors (Lipinski definition) is 1. The summed E-state index contributed by atoms with van der Waals surface area (Å²) in [5, 5.41) is 7.82. The van der Waals surface area contributed by atoms with Gasteiger partial charge in [0.05, 0.1) is 17.0 Å². The van der Waals surface area contributed by atoms with Crippen molar-refractivity contribution in [1.29, 1.82) is 0 Å². The first-order valence-electron chi connectivity index (χ1n) is 8.69. The van der Waals surface area contributed by atoms with E-state index in [1.807, 2.05) is 24.8 Å². The van der Waals surface area contributed by atoms with Crippen LogP contribution >= 0.6 is 12.4 Å². The van der Waals surface area contributed by atoms with E-state index in [9.17, 15) is 4.79 Å². The molecular weight excluding hydrogens is 340 g/mol. The summed E-state index contributed by atoms with van der Waals surface area (Å²) in [6, 6.07) is 2.41. The van der Waals surface area contributed by atoms with E-state index in [2.05, 4.69) is 20.3 Å². The van der Waals surface area contributed by atoms with E-state index in [1.54, 1.807) is 10.7 Å². The largest absolute Gasteiger partial charge is 0.337 e. The maximum absolute atomic E-state index is 13.0. The van der Waals surface area contributed by atoms with Crippen LogP contribution in [0.5, 0.6) is 0 Å². The first-order valence-corrected chi connectivity index (χ1v) is 8.69. The monoisotopic (exact) mass is 364 g/mol. The maximum atomic E-state index is 13.0. The van der Waals surface area contributed by atoms with Gasteiger partial charge in [0, 0.05) is 57.6 Å². The van der Waals surface area contributed by atoms with Crippen molar-refractivity contribution in [2.45, 2.75) is 26.3 Å². The topological polar surface area (TPSA) is 65.8 Å². The van der Waals surface area contributed by atoms with Crippen molar-refractivity contribution in [3.05, 3.63) is 29.2 Å². The summed E-state index contributed by atoms with van der Waals surface area (Å²) in [4.78, 5) is 21.8. The zero-order valence-corrected chi connectivity index (χ0v) is 15.6. The molecule has 2 fully saturated rings. The number of rotatable bonds is 2. The molecule has 1 unspecified atom stereocenters. The van der Waals surface area contributed by atoms with E-state index in [0.717, 1.165) is 62.7 Å². The molecule has 0 aromatic carbocycles. The van der Waals surface area contributed by atoms with Gasteiger partial charge in [-0.15, -0.1) is 12.4 Å². The molecule has 1 N–H and O–H groups in total. The van der Waals surface area contributed by atoms with Crippen LogP contribution in [0, 0.1) is 13.8 Å². The molecule has 4 rings (SSSR count). The van der Waals surface area contributed by atoms with E-state index in [-0.39, 0.29) is 18.3 Å². The molecule has 0 bridgehead atoms. The SMILES string of the molecule is Cc1cc2ncc(C(=O)N3CCC(N4CCNCC4)C3)c(C)n2n1.Cl. The average Bonchev–Trinajstić information content (AvgIpc) is 3.22. The van der Waals surface area contributed by atoms with Gasteiger partial charge in [-0.3, -0.25) is 9.69 Å². The van der Waals surface area contributed by atoms with Crippen LogP contribution in [-0.4, -0.2) is 75.6 Å². The van der Waals surface area contributed by atoms with Crippen LogP contribution in [0.1, 0.15) is 28.2 Å². The minimum absolute atomic E-state index is 0. The number of carbonyl (C=O) groups is 1. The molecule has 0 spiro atoms. The standard InChI is InChI=1S/C17H24N6O.ClH/c1-12-9-16-19-10-15(13(2)23(16)20-12)17(24)22-6-3-14(11-22)21-7-4-18-5-8-21;/h9-10,14,18H,3-8,11H2,1-2H3;1H. The van der Waals surface area contributed by atoms with Gasteiger partial charge in [0.1, 0.15) is 0 Å². The Balaban J connectivity index is 0.00000182. The van der Waals surface area contributed by atoms with E-state index in [0.29, 0.717) is 11.6 Å². The van der Waals surface area contributed by atoms with Crippen LogP contribution < -0.4 is 5.32 Å². The molecule has 2 aromatic rings. The molecular formula is C17H25ClN6O. The van der Waals surface area contributed by atoms with Gasteiger partial charge in [0.25, 0.3) is 5.91 Å². The molecule has 8 heteroatoms. The summed E-state index contributed by atoms with van der Waals surface area (Å²) in [5.74, 6) is 0.0766. The lowest BCUT2D eigenvalue weighted by molar-refractivity contribution is 0.0771. The lowest BCUT2D eigenvalue weighted by Crippen LogP contribution is -2.49. The number of carbonyl (C=O) groups excluding carboxylic acids is 1. The fourth-order valence-corrected chi connectivity index (χ4v) is 3.81. The third-order valence-electron chi connectivity index (χ3n) is 5.20. The number of nitrogens with zero attached hydrogens (tertiary/aromatic N) is 5. The highest BCUT2D eigenvalue weighted by Crippen LogP contribution is 2.20. The fraction of sp³-hybridized carbons (Fsp3) is 0.588. The van der Waals surface area contributed by atoms with Gasteiger partial charge >= 0.3 is 0 Å². The molecule has 0 radical (unpaired) electrons. The second-order valence-electron chi connectivity index (χ2n) is 6.79. The Bertz CT molecular complexity index is 770. The number of halogens is 1. The molecule has 1 amide bonds. The molecule has 7 nitrogen and oxygen atoms in total. The molecule has 25 heavy (non-hydrogen) atoms. The molecule has 2 aliphatic heterocycles. The number of aryl methyl sites for hydroxylation is 2. The van der Waals surface area contributed by atoms with Crippen LogP contribution in [0.2, 0.25) is 0 Å². The number of aromatic nitrogens is 3. The quantitative estimate of drug-likeness (QED) is 0.857. The van der Waals surface area contributed by atoms with E-state index in [1.165, 1.54) is 0 Å². The Morgan fingerprint density at radius 2 is 2.00 bits per heavy atom. The lowest BCUT2D eigenvalue weighted by Gasteiger charge is -2.32. The minimum atomic E-state index is 0. The summed E-state index contributed by atoms with van der Waals surface area (Å²) in [7, 11) is 0. The summed E-state index contributed by atoms with van der Waals surface area (Å²) in [6.07, 6.45) is 2.76. The zero-order chi connectivity index (χ0) is 16.7. The van der Waals surface area contributed by atoms with Gasteiger partial charge in [-0.1, -0.05) is 0 Å². The van der Waals surface area contributed by atoms with Gasteiger partial charge < -0.3 is 10.2 Å². The number of amides is 1. The van der Waals surface area contributed by atoms with Crippen molar-refractivity contribution in [1.82, 2.24) is 29.7 Å². The van der Waals surface area contributed by atoms with Crippen molar-refractivity contribution >= 4 is 24.0 Å². The molecule has 0 saturated carbocycles. The molecule has 2 saturated heterocycles. The number of fused-ring (bicyclic) bond motifs is 1. The number of hydrogen-bond acceptors (Lipinski definition) is 5. The Morgan fingerprint density at radius 1 is 1.24 bits per heavy atom. The first-order chi connectivity index (χ1) is 11.6. The summed E-state index contributed by atoms with van der Waals surface area (Å²) < 4.78 is 1.77. The smallest absolute Gasteiger partial charge is 0.257 e. The van der Waals surface area contributed by atoms with Crippen molar-refractivity contribution in [3.63, 3.8) is 0 Å². The Labute approximate surface area is 153 Å². The maximum Gasteiger partial charge on any atom is 0.257 e. The number of piperazine rings is 1. The molecule has 2 aromatic heterocycles. The Hall–Kier alpha value is -1.70. The van der Waals surface area contributed by atoms with Gasteiger partial charge in [-0.05, 0) is 20.3 Å². The van der Waals surface area contributed by atoms with Crippen molar-refractivity contribution in [2.75, 3.05) is 39.3 Å². The molecule has 0 aliphatic carbocycles. The average molecular weight is 365 g/mol. The molecule has 2 aliphatic rings. The summed E-state index contributed by atoms with van der Waals surface area (Å²) in [6.45, 7) is 9.76. The highest BCUT2D eigenvalue weighted by molar-refractivity contribution is 5.95. The third-order valence-corrected chi connectivity index (χ3v) is 5.20. The van der Waals surface area contributed by atoms with Crippen LogP contribution in [-0.2, 0) is 0 Å². The molecule has 1 atom stereocenters. The van der Waals surface area contributed by atoms with Gasteiger partial charge in [0.2, 0.25) is 0 Å². The fourth-order valence-electron chi connectivity index (χ4n) is 3.81. The van der Waals surface area contributed by atoms with E-state index < -0.39 is 0 Å².